The largest absolute Gasteiger partial charge is 0.348 e. The normalized spacial score (nSPS) is 22.8. The monoisotopic (exact) mass is 279 g/mol. The Morgan fingerprint density at radius 2 is 1.85 bits per heavy atom. The molecular formula is C16H22FNO2. The molecule has 0 unspecified atom stereocenters. The van der Waals surface area contributed by atoms with Gasteiger partial charge in [0.15, 0.2) is 5.79 Å². The molecule has 1 spiro atoms. The molecule has 1 saturated carbocycles. The Labute approximate surface area is 119 Å². The molecule has 0 atom stereocenters. The van der Waals surface area contributed by atoms with Gasteiger partial charge in [-0.2, -0.15) is 0 Å². The molecule has 110 valence electrons. The second kappa shape index (κ2) is 5.80. The van der Waals surface area contributed by atoms with Gasteiger partial charge in [-0.15, -0.1) is 0 Å². The van der Waals surface area contributed by atoms with E-state index in [2.05, 4.69) is 11.9 Å². The Morgan fingerprint density at radius 3 is 2.50 bits per heavy atom. The summed E-state index contributed by atoms with van der Waals surface area (Å²) >= 11 is 0. The van der Waals surface area contributed by atoms with Crippen molar-refractivity contribution < 1.29 is 13.9 Å². The standard InChI is InChI=1S/C16H22FNO2/c1-18(12-13-4-2-3-5-15(13)17)14-6-8-16(9-7-14)19-10-11-20-16/h2-5,14H,6-12H2,1H3. The molecule has 0 bridgehead atoms. The average Bonchev–Trinajstić information content (AvgIpc) is 2.90. The van der Waals surface area contributed by atoms with Crippen molar-refractivity contribution in [3.8, 4) is 0 Å². The van der Waals surface area contributed by atoms with Gasteiger partial charge in [-0.25, -0.2) is 4.39 Å². The van der Waals surface area contributed by atoms with Gasteiger partial charge >= 0.3 is 0 Å². The fraction of sp³-hybridized carbons (Fsp3) is 0.625. The van der Waals surface area contributed by atoms with Crippen LogP contribution in [-0.4, -0.2) is 37.0 Å². The first-order valence-electron chi connectivity index (χ1n) is 7.40. The maximum atomic E-state index is 13.7. The zero-order chi connectivity index (χ0) is 14.0. The van der Waals surface area contributed by atoms with E-state index in [9.17, 15) is 4.39 Å². The maximum Gasteiger partial charge on any atom is 0.168 e. The lowest BCUT2D eigenvalue weighted by atomic mass is 9.89. The summed E-state index contributed by atoms with van der Waals surface area (Å²) < 4.78 is 25.2. The minimum absolute atomic E-state index is 0.117. The second-order valence-electron chi connectivity index (χ2n) is 5.85. The first-order chi connectivity index (χ1) is 9.69. The number of benzene rings is 1. The summed E-state index contributed by atoms with van der Waals surface area (Å²) in [6.07, 6.45) is 3.98. The van der Waals surface area contributed by atoms with E-state index in [1.165, 1.54) is 6.07 Å². The fourth-order valence-corrected chi connectivity index (χ4v) is 3.29. The van der Waals surface area contributed by atoms with Crippen molar-refractivity contribution in [1.29, 1.82) is 0 Å². The van der Waals surface area contributed by atoms with Gasteiger partial charge in [0, 0.05) is 31.0 Å². The van der Waals surface area contributed by atoms with Crippen molar-refractivity contribution in [2.75, 3.05) is 20.3 Å². The topological polar surface area (TPSA) is 21.7 Å². The molecule has 2 aliphatic rings. The molecule has 1 aromatic carbocycles. The quantitative estimate of drug-likeness (QED) is 0.849. The number of rotatable bonds is 3. The molecular weight excluding hydrogens is 257 g/mol. The van der Waals surface area contributed by atoms with Crippen molar-refractivity contribution in [3.63, 3.8) is 0 Å². The Kier molecular flexibility index (Phi) is 4.06. The molecule has 1 saturated heterocycles. The fourth-order valence-electron chi connectivity index (χ4n) is 3.29. The summed E-state index contributed by atoms with van der Waals surface area (Å²) in [5, 5.41) is 0. The molecule has 3 nitrogen and oxygen atoms in total. The minimum atomic E-state index is -0.310. The number of hydrogen-bond acceptors (Lipinski definition) is 3. The van der Waals surface area contributed by atoms with E-state index in [-0.39, 0.29) is 11.6 Å². The van der Waals surface area contributed by atoms with Gasteiger partial charge in [0.05, 0.1) is 13.2 Å². The highest BCUT2D eigenvalue weighted by atomic mass is 19.1. The Bertz CT molecular complexity index is 450. The van der Waals surface area contributed by atoms with Crippen molar-refractivity contribution in [2.24, 2.45) is 0 Å². The summed E-state index contributed by atoms with van der Waals surface area (Å²) in [6.45, 7) is 2.09. The van der Waals surface area contributed by atoms with Crippen molar-refractivity contribution >= 4 is 0 Å². The Hall–Kier alpha value is -0.970. The lowest BCUT2D eigenvalue weighted by Crippen LogP contribution is -2.42. The van der Waals surface area contributed by atoms with Crippen molar-refractivity contribution in [1.82, 2.24) is 4.90 Å². The van der Waals surface area contributed by atoms with Crippen LogP contribution in [0, 0.1) is 5.82 Å². The van der Waals surface area contributed by atoms with Crippen LogP contribution in [0.5, 0.6) is 0 Å². The summed E-state index contributed by atoms with van der Waals surface area (Å²) in [5.41, 5.74) is 0.767. The summed E-state index contributed by atoms with van der Waals surface area (Å²) in [5.74, 6) is -0.427. The van der Waals surface area contributed by atoms with Crippen molar-refractivity contribution in [3.05, 3.63) is 35.6 Å². The number of nitrogens with zero attached hydrogens (tertiary/aromatic N) is 1. The van der Waals surface area contributed by atoms with Crippen LogP contribution in [0.1, 0.15) is 31.2 Å². The first-order valence-corrected chi connectivity index (χ1v) is 7.40. The van der Waals surface area contributed by atoms with Crippen LogP contribution in [0.2, 0.25) is 0 Å². The van der Waals surface area contributed by atoms with E-state index in [0.717, 1.165) is 44.5 Å². The molecule has 0 N–H and O–H groups in total. The lowest BCUT2D eigenvalue weighted by molar-refractivity contribution is -0.183. The van der Waals surface area contributed by atoms with E-state index < -0.39 is 0 Å². The van der Waals surface area contributed by atoms with Crippen LogP contribution >= 0.6 is 0 Å². The van der Waals surface area contributed by atoms with Crippen LogP contribution in [0.15, 0.2) is 24.3 Å². The third-order valence-corrected chi connectivity index (χ3v) is 4.53. The summed E-state index contributed by atoms with van der Waals surface area (Å²) in [4.78, 5) is 2.25. The van der Waals surface area contributed by atoms with Crippen LogP contribution in [-0.2, 0) is 16.0 Å². The third kappa shape index (κ3) is 2.87. The minimum Gasteiger partial charge on any atom is -0.348 e. The summed E-state index contributed by atoms with van der Waals surface area (Å²) in [6, 6.07) is 7.49. The lowest BCUT2D eigenvalue weighted by Gasteiger charge is -2.39. The van der Waals surface area contributed by atoms with Gasteiger partial charge in [-0.1, -0.05) is 18.2 Å². The smallest absolute Gasteiger partial charge is 0.168 e. The SMILES string of the molecule is CN(Cc1ccccc1F)C1CCC2(CC1)OCCO2. The van der Waals surface area contributed by atoms with Gasteiger partial charge in [0.1, 0.15) is 5.82 Å². The maximum absolute atomic E-state index is 13.7. The zero-order valence-electron chi connectivity index (χ0n) is 12.0. The molecule has 3 rings (SSSR count). The Morgan fingerprint density at radius 1 is 1.20 bits per heavy atom. The van der Waals surface area contributed by atoms with Crippen LogP contribution in [0.4, 0.5) is 4.39 Å². The van der Waals surface area contributed by atoms with Gasteiger partial charge in [0.2, 0.25) is 0 Å². The number of halogens is 1. The highest BCUT2D eigenvalue weighted by Gasteiger charge is 2.41. The van der Waals surface area contributed by atoms with Gasteiger partial charge in [-0.05, 0) is 26.0 Å². The van der Waals surface area contributed by atoms with E-state index in [0.29, 0.717) is 12.6 Å². The second-order valence-corrected chi connectivity index (χ2v) is 5.85. The third-order valence-electron chi connectivity index (χ3n) is 4.53. The molecule has 2 fully saturated rings. The van der Waals surface area contributed by atoms with E-state index in [1.54, 1.807) is 6.07 Å². The molecule has 0 aromatic heterocycles. The molecule has 1 heterocycles. The molecule has 4 heteroatoms. The predicted octanol–water partition coefficient (Wildman–Crippen LogP) is 2.94. The molecule has 0 radical (unpaired) electrons. The number of hydrogen-bond donors (Lipinski definition) is 0. The molecule has 1 aromatic rings. The van der Waals surface area contributed by atoms with Gasteiger partial charge < -0.3 is 9.47 Å². The van der Waals surface area contributed by atoms with Crippen molar-refractivity contribution in [2.45, 2.75) is 44.1 Å². The first kappa shape index (κ1) is 14.0. The molecule has 1 aliphatic heterocycles. The zero-order valence-corrected chi connectivity index (χ0v) is 12.0. The molecule has 0 amide bonds. The summed E-state index contributed by atoms with van der Waals surface area (Å²) in [7, 11) is 2.07. The van der Waals surface area contributed by atoms with Crippen LogP contribution in [0.3, 0.4) is 0 Å². The number of ether oxygens (including phenoxy) is 2. The predicted molar refractivity (Wildman–Crippen MR) is 74.8 cm³/mol. The van der Waals surface area contributed by atoms with Crippen LogP contribution in [0.25, 0.3) is 0 Å². The van der Waals surface area contributed by atoms with Gasteiger partial charge in [-0.3, -0.25) is 4.90 Å². The van der Waals surface area contributed by atoms with E-state index in [4.69, 9.17) is 9.47 Å². The highest BCUT2D eigenvalue weighted by Crippen LogP contribution is 2.37. The molecule has 1 aliphatic carbocycles. The van der Waals surface area contributed by atoms with E-state index >= 15 is 0 Å². The van der Waals surface area contributed by atoms with Gasteiger partial charge in [0.25, 0.3) is 0 Å². The average molecular weight is 279 g/mol. The van der Waals surface area contributed by atoms with E-state index in [1.807, 2.05) is 12.1 Å². The molecule has 20 heavy (non-hydrogen) atoms. The highest BCUT2D eigenvalue weighted by molar-refractivity contribution is 5.17. The van der Waals surface area contributed by atoms with Crippen LogP contribution < -0.4 is 0 Å². The Balaban J connectivity index is 1.56.